The summed E-state index contributed by atoms with van der Waals surface area (Å²) in [6.45, 7) is 0. The van der Waals surface area contributed by atoms with Crippen LogP contribution in [-0.2, 0) is 26.2 Å². The van der Waals surface area contributed by atoms with Crippen LogP contribution in [0.15, 0.2) is 78.9 Å². The molecule has 2 aliphatic carbocycles. The van der Waals surface area contributed by atoms with E-state index in [0.29, 0.717) is 11.8 Å². The summed E-state index contributed by atoms with van der Waals surface area (Å²) in [5.74, 6) is 1.11. The average molecular weight is 471 g/mol. The molecule has 0 aromatic heterocycles. The summed E-state index contributed by atoms with van der Waals surface area (Å²) < 4.78 is 0. The molecule has 0 bridgehead atoms. The van der Waals surface area contributed by atoms with Crippen molar-refractivity contribution in [2.45, 2.75) is 24.7 Å². The molecule has 134 valence electrons. The van der Waals surface area contributed by atoms with E-state index in [2.05, 4.69) is 84.9 Å². The minimum Gasteiger partial charge on any atom is -1.00 e. The maximum Gasteiger partial charge on any atom is 2.00 e. The second-order valence-electron chi connectivity index (χ2n) is 6.90. The van der Waals surface area contributed by atoms with Gasteiger partial charge in [0, 0.05) is 11.8 Å². The fraction of sp³-hybridized carbons (Fsp3) is 0.167. The van der Waals surface area contributed by atoms with E-state index < -0.39 is 0 Å². The Balaban J connectivity index is 0.000000871. The van der Waals surface area contributed by atoms with Crippen LogP contribution < -0.4 is 24.8 Å². The van der Waals surface area contributed by atoms with Crippen LogP contribution in [0.2, 0.25) is 0 Å². The average Bonchev–Trinajstić information content (AvgIpc) is 3.19. The van der Waals surface area contributed by atoms with Crippen molar-refractivity contribution in [3.63, 3.8) is 0 Å². The van der Waals surface area contributed by atoms with Crippen LogP contribution in [0.1, 0.15) is 46.9 Å². The molecular formula is C24H20Cl2Zr. The minimum absolute atomic E-state index is 0. The molecule has 1 atom stereocenters. The van der Waals surface area contributed by atoms with Crippen LogP contribution in [0.25, 0.3) is 17.2 Å². The number of allylic oxidation sites excluding steroid dienone is 1. The Morgan fingerprint density at radius 1 is 0.593 bits per heavy atom. The summed E-state index contributed by atoms with van der Waals surface area (Å²) in [5, 5.41) is 0. The molecule has 0 amide bonds. The van der Waals surface area contributed by atoms with Crippen molar-refractivity contribution < 1.29 is 51.0 Å². The van der Waals surface area contributed by atoms with Gasteiger partial charge in [0.2, 0.25) is 0 Å². The first-order valence-corrected chi connectivity index (χ1v) is 8.87. The SMILES string of the molecule is C1=CC(CCC2c3ccccc3-c3ccccc32)c2ccccc21.[Cl-].[Cl-].[Zr+2]. The second-order valence-corrected chi connectivity index (χ2v) is 6.90. The summed E-state index contributed by atoms with van der Waals surface area (Å²) in [4.78, 5) is 0. The molecule has 0 radical (unpaired) electrons. The van der Waals surface area contributed by atoms with Gasteiger partial charge >= 0.3 is 26.2 Å². The van der Waals surface area contributed by atoms with Crippen LogP contribution in [-0.4, -0.2) is 0 Å². The molecule has 3 aromatic carbocycles. The van der Waals surface area contributed by atoms with E-state index in [1.165, 1.54) is 46.2 Å². The third-order valence-corrected chi connectivity index (χ3v) is 5.63. The van der Waals surface area contributed by atoms with Crippen molar-refractivity contribution in [2.75, 3.05) is 0 Å². The predicted molar refractivity (Wildman–Crippen MR) is 101 cm³/mol. The van der Waals surface area contributed by atoms with E-state index in [4.69, 9.17) is 0 Å². The number of benzene rings is 3. The first-order chi connectivity index (χ1) is 11.9. The Morgan fingerprint density at radius 3 is 1.74 bits per heavy atom. The molecule has 0 fully saturated rings. The largest absolute Gasteiger partial charge is 2.00 e. The maximum atomic E-state index is 2.39. The van der Waals surface area contributed by atoms with E-state index in [1.54, 1.807) is 0 Å². The molecule has 0 saturated carbocycles. The molecule has 5 rings (SSSR count). The van der Waals surface area contributed by atoms with Crippen molar-refractivity contribution in [3.8, 4) is 11.1 Å². The topological polar surface area (TPSA) is 0 Å². The molecule has 0 N–H and O–H groups in total. The molecule has 27 heavy (non-hydrogen) atoms. The normalized spacial score (nSPS) is 15.6. The van der Waals surface area contributed by atoms with E-state index in [9.17, 15) is 0 Å². The number of rotatable bonds is 3. The molecule has 0 saturated heterocycles. The van der Waals surface area contributed by atoms with Gasteiger partial charge in [0.05, 0.1) is 0 Å². The third-order valence-electron chi connectivity index (χ3n) is 5.63. The maximum absolute atomic E-state index is 2.39. The zero-order valence-electron chi connectivity index (χ0n) is 14.9. The summed E-state index contributed by atoms with van der Waals surface area (Å²) >= 11 is 0. The molecule has 0 heterocycles. The fourth-order valence-electron chi connectivity index (χ4n) is 4.49. The van der Waals surface area contributed by atoms with Crippen LogP contribution in [0.5, 0.6) is 0 Å². The molecule has 1 unspecified atom stereocenters. The van der Waals surface area contributed by atoms with Gasteiger partial charge in [-0.3, -0.25) is 0 Å². The van der Waals surface area contributed by atoms with Crippen LogP contribution in [0.3, 0.4) is 0 Å². The van der Waals surface area contributed by atoms with Crippen LogP contribution >= 0.6 is 0 Å². The quantitative estimate of drug-likeness (QED) is 0.520. The Bertz CT molecular complexity index is 903. The number of hydrogen-bond donors (Lipinski definition) is 0. The standard InChI is InChI=1S/C24H20.2ClH.Zr/c1-2-8-19-17(7-1)13-14-18(19)15-16-24-22-11-5-3-9-20(22)21-10-4-6-12-23(21)24;;;/h1-14,18,24H,15-16H2;2*1H;/q;;;+2/p-2. The molecule has 3 aromatic rings. The summed E-state index contributed by atoms with van der Waals surface area (Å²) in [5.41, 5.74) is 8.77. The Kier molecular flexibility index (Phi) is 7.69. The third kappa shape index (κ3) is 3.88. The molecule has 0 nitrogen and oxygen atoms in total. The van der Waals surface area contributed by atoms with Crippen molar-refractivity contribution in [1.29, 1.82) is 0 Å². The monoisotopic (exact) mass is 468 g/mol. The molecule has 2 aliphatic rings. The molecule has 0 aliphatic heterocycles. The van der Waals surface area contributed by atoms with Gasteiger partial charge in [0.15, 0.2) is 0 Å². The number of hydrogen-bond acceptors (Lipinski definition) is 0. The zero-order valence-corrected chi connectivity index (χ0v) is 18.9. The number of halogens is 2. The Morgan fingerprint density at radius 2 is 1.11 bits per heavy atom. The van der Waals surface area contributed by atoms with Gasteiger partial charge in [0.1, 0.15) is 0 Å². The minimum atomic E-state index is 0. The van der Waals surface area contributed by atoms with Gasteiger partial charge < -0.3 is 24.8 Å². The summed E-state index contributed by atoms with van der Waals surface area (Å²) in [6.07, 6.45) is 7.09. The van der Waals surface area contributed by atoms with Gasteiger partial charge in [0.25, 0.3) is 0 Å². The van der Waals surface area contributed by atoms with E-state index in [1.807, 2.05) is 0 Å². The molecule has 3 heteroatoms. The van der Waals surface area contributed by atoms with Crippen molar-refractivity contribution >= 4 is 6.08 Å². The zero-order chi connectivity index (χ0) is 15.9. The van der Waals surface area contributed by atoms with Gasteiger partial charge in [-0.15, -0.1) is 0 Å². The predicted octanol–water partition coefficient (Wildman–Crippen LogP) is 0.395. The van der Waals surface area contributed by atoms with Crippen molar-refractivity contribution in [1.82, 2.24) is 0 Å². The summed E-state index contributed by atoms with van der Waals surface area (Å²) in [7, 11) is 0. The summed E-state index contributed by atoms with van der Waals surface area (Å²) in [6, 6.07) is 26.7. The van der Waals surface area contributed by atoms with Crippen LogP contribution in [0, 0.1) is 0 Å². The van der Waals surface area contributed by atoms with E-state index in [-0.39, 0.29) is 51.0 Å². The van der Waals surface area contributed by atoms with Gasteiger partial charge in [-0.2, -0.15) is 0 Å². The smallest absolute Gasteiger partial charge is 1.00 e. The first-order valence-electron chi connectivity index (χ1n) is 8.87. The van der Waals surface area contributed by atoms with Crippen molar-refractivity contribution in [3.05, 3.63) is 101 Å². The molecular weight excluding hydrogens is 450 g/mol. The van der Waals surface area contributed by atoms with Gasteiger partial charge in [-0.05, 0) is 46.2 Å². The first kappa shape index (κ1) is 22.2. The number of fused-ring (bicyclic) bond motifs is 4. The molecule has 0 spiro atoms. The Hall–Kier alpha value is -1.14. The van der Waals surface area contributed by atoms with E-state index in [0.717, 1.165) is 0 Å². The van der Waals surface area contributed by atoms with Crippen LogP contribution in [0.4, 0.5) is 0 Å². The fourth-order valence-corrected chi connectivity index (χ4v) is 4.49. The van der Waals surface area contributed by atoms with E-state index >= 15 is 0 Å². The van der Waals surface area contributed by atoms with Gasteiger partial charge in [-0.25, -0.2) is 0 Å². The Labute approximate surface area is 193 Å². The van der Waals surface area contributed by atoms with Gasteiger partial charge in [-0.1, -0.05) is 84.9 Å². The second kappa shape index (κ2) is 9.37. The van der Waals surface area contributed by atoms with Crippen molar-refractivity contribution in [2.24, 2.45) is 0 Å².